The first kappa shape index (κ1) is 14.6. The van der Waals surface area contributed by atoms with Gasteiger partial charge in [0.15, 0.2) is 0 Å². The van der Waals surface area contributed by atoms with E-state index in [2.05, 4.69) is 27.4 Å². The molecule has 3 N–H and O–H groups in total. The zero-order valence-corrected chi connectivity index (χ0v) is 14.2. The summed E-state index contributed by atoms with van der Waals surface area (Å²) in [6.07, 6.45) is 2.91. The molecule has 1 unspecified atom stereocenters. The van der Waals surface area contributed by atoms with E-state index in [1.54, 1.807) is 0 Å². The number of carbonyl (C=O) groups excluding carboxylic acids is 1. The Labute approximate surface area is 149 Å². The first-order valence-corrected chi connectivity index (χ1v) is 8.75. The van der Waals surface area contributed by atoms with Gasteiger partial charge in [0.05, 0.1) is 0 Å². The lowest BCUT2D eigenvalue weighted by molar-refractivity contribution is 0.0952. The third kappa shape index (κ3) is 2.18. The Morgan fingerprint density at radius 1 is 1.04 bits per heavy atom. The Morgan fingerprint density at radius 3 is 2.84 bits per heavy atom. The maximum atomic E-state index is 12.5. The maximum absolute atomic E-state index is 12.5. The summed E-state index contributed by atoms with van der Waals surface area (Å²) in [5, 5.41) is 5.99. The zero-order chi connectivity index (χ0) is 17.0. The quantitative estimate of drug-likeness (QED) is 0.463. The van der Waals surface area contributed by atoms with Crippen molar-refractivity contribution in [3.63, 3.8) is 0 Å². The van der Waals surface area contributed by atoms with E-state index in [0.717, 1.165) is 33.8 Å². The molecule has 0 saturated carbocycles. The highest BCUT2D eigenvalue weighted by molar-refractivity contribution is 6.31. The Balaban J connectivity index is 1.79. The van der Waals surface area contributed by atoms with Crippen LogP contribution in [0.25, 0.3) is 21.8 Å². The van der Waals surface area contributed by atoms with Gasteiger partial charge in [-0.25, -0.2) is 0 Å². The van der Waals surface area contributed by atoms with Crippen LogP contribution in [0.4, 0.5) is 0 Å². The van der Waals surface area contributed by atoms with Gasteiger partial charge in [-0.1, -0.05) is 35.9 Å². The van der Waals surface area contributed by atoms with Gasteiger partial charge in [0.2, 0.25) is 0 Å². The normalized spacial score (nSPS) is 17.5. The summed E-state index contributed by atoms with van der Waals surface area (Å²) in [7, 11) is 0. The number of nitrogens with one attached hydrogen (secondary N) is 3. The average Bonchev–Trinajstić information content (AvgIpc) is 3.16. The summed E-state index contributed by atoms with van der Waals surface area (Å²) < 4.78 is 0. The van der Waals surface area contributed by atoms with Gasteiger partial charge in [-0.05, 0) is 35.7 Å². The van der Waals surface area contributed by atoms with Crippen LogP contribution < -0.4 is 5.32 Å². The molecule has 4 nitrogen and oxygen atoms in total. The molecular weight excluding hydrogens is 334 g/mol. The van der Waals surface area contributed by atoms with Crippen LogP contribution in [0.3, 0.4) is 0 Å². The first-order valence-electron chi connectivity index (χ1n) is 8.37. The zero-order valence-electron chi connectivity index (χ0n) is 13.4. The van der Waals surface area contributed by atoms with Crippen molar-refractivity contribution in [2.75, 3.05) is 6.54 Å². The average molecular weight is 350 g/mol. The van der Waals surface area contributed by atoms with Crippen molar-refractivity contribution < 1.29 is 4.79 Å². The van der Waals surface area contributed by atoms with E-state index in [9.17, 15) is 4.79 Å². The van der Waals surface area contributed by atoms with Crippen molar-refractivity contribution in [2.24, 2.45) is 0 Å². The molecule has 1 aliphatic heterocycles. The van der Waals surface area contributed by atoms with Crippen LogP contribution in [0.15, 0.2) is 48.7 Å². The Bertz CT molecular complexity index is 1120. The second-order valence-corrected chi connectivity index (χ2v) is 6.93. The minimum Gasteiger partial charge on any atom is -0.361 e. The molecule has 25 heavy (non-hydrogen) atoms. The SMILES string of the molecule is O=C1NCCC(c2c[nH]c3cc(Cl)ccc23)c2c1[nH]c1ccccc21. The van der Waals surface area contributed by atoms with Gasteiger partial charge >= 0.3 is 0 Å². The van der Waals surface area contributed by atoms with Crippen LogP contribution in [0, 0.1) is 0 Å². The number of halogens is 1. The fraction of sp³-hybridized carbons (Fsp3) is 0.150. The summed E-state index contributed by atoms with van der Waals surface area (Å²) in [6, 6.07) is 14.0. The van der Waals surface area contributed by atoms with E-state index in [1.165, 1.54) is 5.56 Å². The van der Waals surface area contributed by atoms with Gasteiger partial charge in [-0.3, -0.25) is 4.79 Å². The fourth-order valence-corrected chi connectivity index (χ4v) is 4.16. The molecule has 0 radical (unpaired) electrons. The molecule has 124 valence electrons. The molecule has 1 amide bonds. The van der Waals surface area contributed by atoms with Crippen molar-refractivity contribution in [1.82, 2.24) is 15.3 Å². The second-order valence-electron chi connectivity index (χ2n) is 6.49. The Kier molecular flexibility index (Phi) is 3.15. The van der Waals surface area contributed by atoms with Crippen molar-refractivity contribution >= 4 is 39.3 Å². The minimum atomic E-state index is -0.0309. The summed E-state index contributed by atoms with van der Waals surface area (Å²) in [5.74, 6) is 0.108. The number of fused-ring (bicyclic) bond motifs is 4. The van der Waals surface area contributed by atoms with Gasteiger partial charge in [-0.15, -0.1) is 0 Å². The predicted molar refractivity (Wildman–Crippen MR) is 100 cm³/mol. The molecule has 0 aliphatic carbocycles. The molecule has 4 aromatic rings. The van der Waals surface area contributed by atoms with Crippen LogP contribution in [-0.2, 0) is 0 Å². The molecule has 1 aliphatic rings. The van der Waals surface area contributed by atoms with Crippen molar-refractivity contribution in [1.29, 1.82) is 0 Å². The molecule has 0 saturated heterocycles. The van der Waals surface area contributed by atoms with Crippen LogP contribution in [0.2, 0.25) is 5.02 Å². The number of aromatic nitrogens is 2. The van der Waals surface area contributed by atoms with Crippen molar-refractivity contribution in [2.45, 2.75) is 12.3 Å². The highest BCUT2D eigenvalue weighted by Gasteiger charge is 2.29. The van der Waals surface area contributed by atoms with Gasteiger partial charge < -0.3 is 15.3 Å². The molecule has 0 bridgehead atoms. The number of para-hydroxylation sites is 1. The number of rotatable bonds is 1. The lowest BCUT2D eigenvalue weighted by atomic mass is 9.87. The predicted octanol–water partition coefficient (Wildman–Crippen LogP) is 4.57. The molecule has 5 rings (SSSR count). The fourth-order valence-electron chi connectivity index (χ4n) is 3.99. The maximum Gasteiger partial charge on any atom is 0.268 e. The van der Waals surface area contributed by atoms with E-state index in [4.69, 9.17) is 11.6 Å². The van der Waals surface area contributed by atoms with Crippen LogP contribution >= 0.6 is 11.6 Å². The number of hydrogen-bond acceptors (Lipinski definition) is 1. The monoisotopic (exact) mass is 349 g/mol. The van der Waals surface area contributed by atoms with Gasteiger partial charge in [0.1, 0.15) is 5.69 Å². The second kappa shape index (κ2) is 5.39. The lowest BCUT2D eigenvalue weighted by Gasteiger charge is -2.15. The molecule has 2 aromatic heterocycles. The van der Waals surface area contributed by atoms with Crippen molar-refractivity contribution in [3.8, 4) is 0 Å². The van der Waals surface area contributed by atoms with Gasteiger partial charge in [0.25, 0.3) is 5.91 Å². The third-order valence-electron chi connectivity index (χ3n) is 5.09. The van der Waals surface area contributed by atoms with Crippen LogP contribution in [0.5, 0.6) is 0 Å². The molecule has 1 atom stereocenters. The highest BCUT2D eigenvalue weighted by Crippen LogP contribution is 2.40. The van der Waals surface area contributed by atoms with E-state index >= 15 is 0 Å². The van der Waals surface area contributed by atoms with E-state index < -0.39 is 0 Å². The Morgan fingerprint density at radius 2 is 1.92 bits per heavy atom. The van der Waals surface area contributed by atoms with Crippen LogP contribution in [0.1, 0.15) is 34.0 Å². The van der Waals surface area contributed by atoms with Crippen LogP contribution in [-0.4, -0.2) is 22.4 Å². The number of aromatic amines is 2. The number of benzene rings is 2. The molecule has 5 heteroatoms. The number of amides is 1. The molecule has 0 spiro atoms. The summed E-state index contributed by atoms with van der Waals surface area (Å²) >= 11 is 6.12. The van der Waals surface area contributed by atoms with Crippen molar-refractivity contribution in [3.05, 3.63) is 70.5 Å². The molecular formula is C20H16ClN3O. The minimum absolute atomic E-state index is 0.0309. The lowest BCUT2D eigenvalue weighted by Crippen LogP contribution is -2.23. The van der Waals surface area contributed by atoms with E-state index in [-0.39, 0.29) is 11.8 Å². The first-order chi connectivity index (χ1) is 12.2. The summed E-state index contributed by atoms with van der Waals surface area (Å²) in [6.45, 7) is 0.653. The number of hydrogen-bond donors (Lipinski definition) is 3. The summed E-state index contributed by atoms with van der Waals surface area (Å²) in [5.41, 5.74) is 4.98. The molecule has 3 heterocycles. The molecule has 2 aromatic carbocycles. The summed E-state index contributed by atoms with van der Waals surface area (Å²) in [4.78, 5) is 19.2. The topological polar surface area (TPSA) is 60.7 Å². The largest absolute Gasteiger partial charge is 0.361 e. The third-order valence-corrected chi connectivity index (χ3v) is 5.33. The number of H-pyrrole nitrogens is 2. The standard InChI is InChI=1S/C20H16ClN3O/c21-11-5-6-12-15(10-23-17(12)9-11)13-7-8-22-20(25)19-18(13)14-3-1-2-4-16(14)24-19/h1-6,9-10,13,23-24H,7-8H2,(H,22,25). The van der Waals surface area contributed by atoms with E-state index in [1.807, 2.05) is 36.5 Å². The van der Waals surface area contributed by atoms with Gasteiger partial charge in [0, 0.05) is 45.5 Å². The van der Waals surface area contributed by atoms with Gasteiger partial charge in [-0.2, -0.15) is 0 Å². The number of carbonyl (C=O) groups is 1. The van der Waals surface area contributed by atoms with E-state index in [0.29, 0.717) is 17.3 Å². The highest BCUT2D eigenvalue weighted by atomic mass is 35.5. The Hall–Kier alpha value is -2.72. The molecule has 0 fully saturated rings. The smallest absolute Gasteiger partial charge is 0.268 e.